The Bertz CT molecular complexity index is 420. The molecule has 0 aliphatic rings. The van der Waals surface area contributed by atoms with Crippen LogP contribution in [0, 0.1) is 22.6 Å². The van der Waals surface area contributed by atoms with E-state index in [1.54, 1.807) is 13.8 Å². The van der Waals surface area contributed by atoms with Crippen LogP contribution >= 0.6 is 0 Å². The van der Waals surface area contributed by atoms with Gasteiger partial charge in [-0.3, -0.25) is 4.79 Å². The van der Waals surface area contributed by atoms with Crippen molar-refractivity contribution in [1.29, 1.82) is 5.26 Å². The molecule has 0 spiro atoms. The van der Waals surface area contributed by atoms with Gasteiger partial charge in [-0.15, -0.1) is 0 Å². The van der Waals surface area contributed by atoms with Gasteiger partial charge in [0.15, 0.2) is 0 Å². The smallest absolute Gasteiger partial charge is 0.269 e. The fraction of sp³-hybridized carbons (Fsp3) is 0.364. The van der Waals surface area contributed by atoms with E-state index in [1.165, 1.54) is 6.07 Å². The van der Waals surface area contributed by atoms with Crippen LogP contribution < -0.4 is 5.32 Å². The summed E-state index contributed by atoms with van der Waals surface area (Å²) in [5.41, 5.74) is -0.495. The third-order valence-corrected chi connectivity index (χ3v) is 1.95. The van der Waals surface area contributed by atoms with Gasteiger partial charge in [-0.2, -0.15) is 5.26 Å². The van der Waals surface area contributed by atoms with Gasteiger partial charge >= 0.3 is 0 Å². The lowest BCUT2D eigenvalue weighted by Crippen LogP contribution is -2.33. The highest BCUT2D eigenvalue weighted by molar-refractivity contribution is 5.92. The average Bonchev–Trinajstić information content (AvgIpc) is 2.27. The van der Waals surface area contributed by atoms with Crippen LogP contribution in [0.3, 0.4) is 0 Å². The molecule has 84 valence electrons. The molecule has 1 amide bonds. The first kappa shape index (κ1) is 12.1. The predicted octanol–water partition coefficient (Wildman–Crippen LogP) is 1.50. The monoisotopic (exact) mass is 221 g/mol. The summed E-state index contributed by atoms with van der Waals surface area (Å²) >= 11 is 0. The molecule has 1 aromatic rings. The SMILES string of the molecule is CC(C)(C#N)CNC(=O)c1ccc(F)cn1. The summed E-state index contributed by atoms with van der Waals surface area (Å²) in [7, 11) is 0. The van der Waals surface area contributed by atoms with Crippen molar-refractivity contribution in [3.63, 3.8) is 0 Å². The number of carbonyl (C=O) groups is 1. The Morgan fingerprint density at radius 1 is 1.62 bits per heavy atom. The van der Waals surface area contributed by atoms with E-state index in [-0.39, 0.29) is 12.2 Å². The molecule has 0 saturated heterocycles. The van der Waals surface area contributed by atoms with E-state index in [4.69, 9.17) is 5.26 Å². The molecule has 0 unspecified atom stereocenters. The van der Waals surface area contributed by atoms with Crippen molar-refractivity contribution in [2.24, 2.45) is 5.41 Å². The van der Waals surface area contributed by atoms with Crippen molar-refractivity contribution >= 4 is 5.91 Å². The number of rotatable bonds is 3. The third-order valence-electron chi connectivity index (χ3n) is 1.95. The maximum atomic E-state index is 12.5. The molecular weight excluding hydrogens is 209 g/mol. The highest BCUT2D eigenvalue weighted by Gasteiger charge is 2.18. The largest absolute Gasteiger partial charge is 0.349 e. The van der Waals surface area contributed by atoms with Gasteiger partial charge in [0.05, 0.1) is 17.7 Å². The van der Waals surface area contributed by atoms with Crippen molar-refractivity contribution in [1.82, 2.24) is 10.3 Å². The summed E-state index contributed by atoms with van der Waals surface area (Å²) in [5, 5.41) is 11.3. The van der Waals surface area contributed by atoms with Gasteiger partial charge in [-0.1, -0.05) is 0 Å². The van der Waals surface area contributed by atoms with Crippen LogP contribution in [-0.2, 0) is 0 Å². The normalized spacial score (nSPS) is 10.6. The van der Waals surface area contributed by atoms with E-state index in [9.17, 15) is 9.18 Å². The van der Waals surface area contributed by atoms with E-state index < -0.39 is 17.1 Å². The second kappa shape index (κ2) is 4.71. The van der Waals surface area contributed by atoms with E-state index >= 15 is 0 Å². The molecule has 4 nitrogen and oxygen atoms in total. The first-order chi connectivity index (χ1) is 7.44. The number of pyridine rings is 1. The summed E-state index contributed by atoms with van der Waals surface area (Å²) in [6.07, 6.45) is 0.977. The molecule has 0 atom stereocenters. The Morgan fingerprint density at radius 3 is 2.81 bits per heavy atom. The van der Waals surface area contributed by atoms with Crippen molar-refractivity contribution in [2.75, 3.05) is 6.54 Å². The van der Waals surface area contributed by atoms with E-state index in [0.29, 0.717) is 0 Å². The van der Waals surface area contributed by atoms with Gasteiger partial charge in [-0.25, -0.2) is 9.37 Å². The molecular formula is C11H12FN3O. The van der Waals surface area contributed by atoms with E-state index in [0.717, 1.165) is 12.3 Å². The standard InChI is InChI=1S/C11H12FN3O/c1-11(2,6-13)7-15-10(16)9-4-3-8(12)5-14-9/h3-5H,7H2,1-2H3,(H,15,16). The second-order valence-electron chi connectivity index (χ2n) is 4.04. The number of hydrogen-bond donors (Lipinski definition) is 1. The first-order valence-corrected chi connectivity index (χ1v) is 4.75. The number of halogens is 1. The summed E-state index contributed by atoms with van der Waals surface area (Å²) in [6, 6.07) is 4.52. The lowest BCUT2D eigenvalue weighted by molar-refractivity contribution is 0.0938. The van der Waals surface area contributed by atoms with Crippen molar-refractivity contribution < 1.29 is 9.18 Å². The van der Waals surface area contributed by atoms with Crippen LogP contribution in [-0.4, -0.2) is 17.4 Å². The molecule has 1 heterocycles. The number of hydrogen-bond acceptors (Lipinski definition) is 3. The van der Waals surface area contributed by atoms with Gasteiger partial charge < -0.3 is 5.32 Å². The van der Waals surface area contributed by atoms with Gasteiger partial charge in [-0.05, 0) is 26.0 Å². The Hall–Kier alpha value is -1.96. The molecule has 16 heavy (non-hydrogen) atoms. The number of aromatic nitrogens is 1. The predicted molar refractivity (Wildman–Crippen MR) is 55.9 cm³/mol. The lowest BCUT2D eigenvalue weighted by Gasteiger charge is -2.15. The Kier molecular flexibility index (Phi) is 3.56. The fourth-order valence-corrected chi connectivity index (χ4v) is 0.941. The Balaban J connectivity index is 2.61. The van der Waals surface area contributed by atoms with Crippen LogP contribution in [0.25, 0.3) is 0 Å². The maximum absolute atomic E-state index is 12.5. The van der Waals surface area contributed by atoms with Gasteiger partial charge in [0.1, 0.15) is 11.5 Å². The molecule has 1 rings (SSSR count). The topological polar surface area (TPSA) is 65.8 Å². The number of amides is 1. The van der Waals surface area contributed by atoms with Crippen LogP contribution in [0.4, 0.5) is 4.39 Å². The molecule has 1 N–H and O–H groups in total. The molecule has 0 bridgehead atoms. The minimum atomic E-state index is -0.629. The number of carbonyl (C=O) groups excluding carboxylic acids is 1. The summed E-state index contributed by atoms with van der Waals surface area (Å²) in [6.45, 7) is 3.65. The maximum Gasteiger partial charge on any atom is 0.269 e. The van der Waals surface area contributed by atoms with E-state index in [2.05, 4.69) is 16.4 Å². The molecule has 0 aliphatic heterocycles. The quantitative estimate of drug-likeness (QED) is 0.841. The van der Waals surface area contributed by atoms with Gasteiger partial charge in [0, 0.05) is 6.54 Å². The molecule has 0 saturated carbocycles. The van der Waals surface area contributed by atoms with Crippen LogP contribution in [0.2, 0.25) is 0 Å². The first-order valence-electron chi connectivity index (χ1n) is 4.75. The fourth-order valence-electron chi connectivity index (χ4n) is 0.941. The highest BCUT2D eigenvalue weighted by Crippen LogP contribution is 2.10. The Labute approximate surface area is 93.1 Å². The van der Waals surface area contributed by atoms with Crippen LogP contribution in [0.5, 0.6) is 0 Å². The van der Waals surface area contributed by atoms with Gasteiger partial charge in [0.25, 0.3) is 5.91 Å². The second-order valence-corrected chi connectivity index (χ2v) is 4.04. The molecule has 5 heteroatoms. The van der Waals surface area contributed by atoms with Crippen LogP contribution in [0.15, 0.2) is 18.3 Å². The summed E-state index contributed by atoms with van der Waals surface area (Å²) in [4.78, 5) is 15.1. The van der Waals surface area contributed by atoms with Crippen molar-refractivity contribution in [2.45, 2.75) is 13.8 Å². The molecule has 0 aliphatic carbocycles. The minimum absolute atomic E-state index is 0.134. The van der Waals surface area contributed by atoms with Crippen molar-refractivity contribution in [3.05, 3.63) is 29.8 Å². The zero-order chi connectivity index (χ0) is 12.2. The van der Waals surface area contributed by atoms with Gasteiger partial charge in [0.2, 0.25) is 0 Å². The zero-order valence-electron chi connectivity index (χ0n) is 9.12. The average molecular weight is 221 g/mol. The molecule has 0 aromatic carbocycles. The van der Waals surface area contributed by atoms with Crippen molar-refractivity contribution in [3.8, 4) is 6.07 Å². The summed E-state index contributed by atoms with van der Waals surface area (Å²) in [5.74, 6) is -0.905. The lowest BCUT2D eigenvalue weighted by atomic mass is 9.96. The van der Waals surface area contributed by atoms with Crippen LogP contribution in [0.1, 0.15) is 24.3 Å². The molecule has 0 radical (unpaired) electrons. The zero-order valence-corrected chi connectivity index (χ0v) is 9.12. The Morgan fingerprint density at radius 2 is 2.31 bits per heavy atom. The van der Waals surface area contributed by atoms with E-state index in [1.807, 2.05) is 0 Å². The molecule has 0 fully saturated rings. The molecule has 1 aromatic heterocycles. The number of nitrogens with zero attached hydrogens (tertiary/aromatic N) is 2. The summed E-state index contributed by atoms with van der Waals surface area (Å²) < 4.78 is 12.5. The third kappa shape index (κ3) is 3.31. The number of nitrogens with one attached hydrogen (secondary N) is 1. The number of nitriles is 1. The minimum Gasteiger partial charge on any atom is -0.349 e. The highest BCUT2D eigenvalue weighted by atomic mass is 19.1.